The lowest BCUT2D eigenvalue weighted by Crippen LogP contribution is -2.28. The first kappa shape index (κ1) is 16.2. The molecular formula is C17H18ClNO3. The highest BCUT2D eigenvalue weighted by atomic mass is 35.5. The predicted octanol–water partition coefficient (Wildman–Crippen LogP) is 3.43. The molecule has 0 saturated heterocycles. The quantitative estimate of drug-likeness (QED) is 0.850. The van der Waals surface area contributed by atoms with Crippen LogP contribution in [0.15, 0.2) is 48.5 Å². The number of benzene rings is 2. The summed E-state index contributed by atoms with van der Waals surface area (Å²) < 4.78 is 10.7. The molecule has 0 saturated carbocycles. The van der Waals surface area contributed by atoms with E-state index >= 15 is 0 Å². The third-order valence-corrected chi connectivity index (χ3v) is 3.19. The second-order valence-electron chi connectivity index (χ2n) is 4.58. The van der Waals surface area contributed by atoms with Gasteiger partial charge in [-0.1, -0.05) is 35.9 Å². The largest absolute Gasteiger partial charge is 0.492 e. The van der Waals surface area contributed by atoms with Crippen LogP contribution in [-0.2, 0) is 11.3 Å². The van der Waals surface area contributed by atoms with Crippen LogP contribution in [0.4, 0.5) is 0 Å². The third-order valence-electron chi connectivity index (χ3n) is 2.90. The fraction of sp³-hybridized carbons (Fsp3) is 0.235. The van der Waals surface area contributed by atoms with E-state index in [1.165, 1.54) is 0 Å². The lowest BCUT2D eigenvalue weighted by Gasteiger charge is -2.09. The SMILES string of the molecule is CCOc1ccc(CNC(=O)COc2ccccc2)cc1Cl. The Morgan fingerprint density at radius 1 is 1.14 bits per heavy atom. The van der Waals surface area contributed by atoms with Gasteiger partial charge in [-0.2, -0.15) is 0 Å². The fourth-order valence-corrected chi connectivity index (χ4v) is 2.10. The lowest BCUT2D eigenvalue weighted by atomic mass is 10.2. The number of rotatable bonds is 7. The maximum Gasteiger partial charge on any atom is 0.258 e. The molecule has 0 radical (unpaired) electrons. The Hall–Kier alpha value is -2.20. The van der Waals surface area contributed by atoms with E-state index in [1.807, 2.05) is 31.2 Å². The molecule has 22 heavy (non-hydrogen) atoms. The van der Waals surface area contributed by atoms with Crippen LogP contribution in [0.1, 0.15) is 12.5 Å². The van der Waals surface area contributed by atoms with Gasteiger partial charge in [0.1, 0.15) is 11.5 Å². The summed E-state index contributed by atoms with van der Waals surface area (Å²) in [4.78, 5) is 11.8. The summed E-state index contributed by atoms with van der Waals surface area (Å²) in [5.41, 5.74) is 0.904. The Morgan fingerprint density at radius 2 is 1.91 bits per heavy atom. The number of hydrogen-bond acceptors (Lipinski definition) is 3. The van der Waals surface area contributed by atoms with Crippen molar-refractivity contribution < 1.29 is 14.3 Å². The number of para-hydroxylation sites is 1. The Balaban J connectivity index is 1.80. The van der Waals surface area contributed by atoms with Crippen molar-refractivity contribution in [2.75, 3.05) is 13.2 Å². The summed E-state index contributed by atoms with van der Waals surface area (Å²) in [5.74, 6) is 1.13. The Kier molecular flexibility index (Phi) is 6.10. The number of carbonyl (C=O) groups is 1. The maximum atomic E-state index is 11.8. The molecule has 1 amide bonds. The van der Waals surface area contributed by atoms with Gasteiger partial charge in [0, 0.05) is 6.54 Å². The zero-order valence-electron chi connectivity index (χ0n) is 12.3. The number of ether oxygens (including phenoxy) is 2. The molecular weight excluding hydrogens is 302 g/mol. The smallest absolute Gasteiger partial charge is 0.258 e. The number of halogens is 1. The molecule has 5 heteroatoms. The zero-order chi connectivity index (χ0) is 15.8. The summed E-state index contributed by atoms with van der Waals surface area (Å²) in [6.45, 7) is 2.84. The van der Waals surface area contributed by atoms with Crippen molar-refractivity contribution in [3.05, 3.63) is 59.1 Å². The highest BCUT2D eigenvalue weighted by Gasteiger charge is 2.05. The molecule has 0 heterocycles. The van der Waals surface area contributed by atoms with Gasteiger partial charge >= 0.3 is 0 Å². The van der Waals surface area contributed by atoms with Crippen molar-refractivity contribution in [2.45, 2.75) is 13.5 Å². The van der Waals surface area contributed by atoms with Crippen LogP contribution in [0.2, 0.25) is 5.02 Å². The fourth-order valence-electron chi connectivity index (χ4n) is 1.84. The molecule has 0 spiro atoms. The molecule has 0 aliphatic heterocycles. The van der Waals surface area contributed by atoms with Crippen molar-refractivity contribution in [1.29, 1.82) is 0 Å². The van der Waals surface area contributed by atoms with E-state index < -0.39 is 0 Å². The second kappa shape index (κ2) is 8.29. The number of amides is 1. The van der Waals surface area contributed by atoms with Crippen LogP contribution < -0.4 is 14.8 Å². The van der Waals surface area contributed by atoms with Gasteiger partial charge in [0.05, 0.1) is 11.6 Å². The minimum absolute atomic E-state index is 0.0191. The summed E-state index contributed by atoms with van der Waals surface area (Å²) in [5, 5.41) is 3.32. The summed E-state index contributed by atoms with van der Waals surface area (Å²) in [6, 6.07) is 14.7. The van der Waals surface area contributed by atoms with Crippen molar-refractivity contribution >= 4 is 17.5 Å². The Labute approximate surface area is 135 Å². The summed E-state index contributed by atoms with van der Waals surface area (Å²) >= 11 is 6.10. The molecule has 0 atom stereocenters. The van der Waals surface area contributed by atoms with E-state index in [0.29, 0.717) is 29.7 Å². The first-order chi connectivity index (χ1) is 10.7. The van der Waals surface area contributed by atoms with Crippen molar-refractivity contribution in [1.82, 2.24) is 5.32 Å². The van der Waals surface area contributed by atoms with Gasteiger partial charge in [-0.05, 0) is 36.8 Å². The topological polar surface area (TPSA) is 47.6 Å². The number of carbonyl (C=O) groups excluding carboxylic acids is 1. The number of nitrogens with one attached hydrogen (secondary N) is 1. The van der Waals surface area contributed by atoms with Crippen LogP contribution in [-0.4, -0.2) is 19.1 Å². The Morgan fingerprint density at radius 3 is 2.59 bits per heavy atom. The Bertz CT molecular complexity index is 617. The van der Waals surface area contributed by atoms with Gasteiger partial charge in [-0.3, -0.25) is 4.79 Å². The van der Waals surface area contributed by atoms with Crippen molar-refractivity contribution in [3.63, 3.8) is 0 Å². The van der Waals surface area contributed by atoms with Crippen LogP contribution in [0.25, 0.3) is 0 Å². The van der Waals surface area contributed by atoms with Gasteiger partial charge in [-0.15, -0.1) is 0 Å². The van der Waals surface area contributed by atoms with Crippen LogP contribution >= 0.6 is 11.6 Å². The summed E-state index contributed by atoms with van der Waals surface area (Å²) in [7, 11) is 0. The third kappa shape index (κ3) is 4.97. The number of hydrogen-bond donors (Lipinski definition) is 1. The van der Waals surface area contributed by atoms with Crippen LogP contribution in [0.5, 0.6) is 11.5 Å². The molecule has 0 unspecified atom stereocenters. The monoisotopic (exact) mass is 319 g/mol. The minimum atomic E-state index is -0.186. The van der Waals surface area contributed by atoms with Crippen LogP contribution in [0, 0.1) is 0 Å². The molecule has 0 aliphatic carbocycles. The first-order valence-corrected chi connectivity index (χ1v) is 7.42. The average Bonchev–Trinajstić information content (AvgIpc) is 2.54. The molecule has 2 rings (SSSR count). The van der Waals surface area contributed by atoms with E-state index in [9.17, 15) is 4.79 Å². The van der Waals surface area contributed by atoms with E-state index in [-0.39, 0.29) is 12.5 Å². The molecule has 116 valence electrons. The van der Waals surface area contributed by atoms with Crippen molar-refractivity contribution in [2.24, 2.45) is 0 Å². The van der Waals surface area contributed by atoms with Gasteiger partial charge < -0.3 is 14.8 Å². The molecule has 2 aromatic carbocycles. The van der Waals surface area contributed by atoms with E-state index in [2.05, 4.69) is 5.32 Å². The van der Waals surface area contributed by atoms with E-state index in [1.54, 1.807) is 24.3 Å². The highest BCUT2D eigenvalue weighted by Crippen LogP contribution is 2.25. The maximum absolute atomic E-state index is 11.8. The molecule has 0 bridgehead atoms. The second-order valence-corrected chi connectivity index (χ2v) is 4.98. The first-order valence-electron chi connectivity index (χ1n) is 7.05. The normalized spacial score (nSPS) is 10.1. The standard InChI is InChI=1S/C17H18ClNO3/c1-2-21-16-9-8-13(10-15(16)18)11-19-17(20)12-22-14-6-4-3-5-7-14/h3-10H,2,11-12H2,1H3,(H,19,20). The van der Waals surface area contributed by atoms with Crippen LogP contribution in [0.3, 0.4) is 0 Å². The van der Waals surface area contributed by atoms with E-state index in [0.717, 1.165) is 5.56 Å². The predicted molar refractivity (Wildman–Crippen MR) is 86.4 cm³/mol. The van der Waals surface area contributed by atoms with E-state index in [4.69, 9.17) is 21.1 Å². The molecule has 0 aromatic heterocycles. The van der Waals surface area contributed by atoms with Gasteiger partial charge in [0.25, 0.3) is 5.91 Å². The zero-order valence-corrected chi connectivity index (χ0v) is 13.1. The summed E-state index contributed by atoms with van der Waals surface area (Å²) in [6.07, 6.45) is 0. The van der Waals surface area contributed by atoms with Gasteiger partial charge in [0.2, 0.25) is 0 Å². The van der Waals surface area contributed by atoms with Crippen molar-refractivity contribution in [3.8, 4) is 11.5 Å². The van der Waals surface area contributed by atoms with Gasteiger partial charge in [0.15, 0.2) is 6.61 Å². The highest BCUT2D eigenvalue weighted by molar-refractivity contribution is 6.32. The van der Waals surface area contributed by atoms with Gasteiger partial charge in [-0.25, -0.2) is 0 Å². The molecule has 1 N–H and O–H groups in total. The molecule has 2 aromatic rings. The molecule has 0 aliphatic rings. The molecule has 4 nitrogen and oxygen atoms in total. The lowest BCUT2D eigenvalue weighted by molar-refractivity contribution is -0.123. The average molecular weight is 320 g/mol. The molecule has 0 fully saturated rings. The minimum Gasteiger partial charge on any atom is -0.492 e.